The number of para-hydroxylation sites is 1. The minimum absolute atomic E-state index is 0.0708. The Bertz CT molecular complexity index is 959. The minimum atomic E-state index is -0.302. The van der Waals surface area contributed by atoms with Crippen molar-refractivity contribution in [3.8, 4) is 0 Å². The van der Waals surface area contributed by atoms with Crippen LogP contribution in [0.4, 0.5) is 5.69 Å². The van der Waals surface area contributed by atoms with Gasteiger partial charge in [-0.15, -0.1) is 0 Å². The summed E-state index contributed by atoms with van der Waals surface area (Å²) in [6, 6.07) is 16.9. The Kier molecular flexibility index (Phi) is 5.21. The van der Waals surface area contributed by atoms with Crippen molar-refractivity contribution in [3.63, 3.8) is 0 Å². The molecule has 1 N–H and O–H groups in total. The predicted molar refractivity (Wildman–Crippen MR) is 121 cm³/mol. The van der Waals surface area contributed by atoms with Crippen LogP contribution >= 0.6 is 0 Å². The summed E-state index contributed by atoms with van der Waals surface area (Å²) >= 11 is 0. The van der Waals surface area contributed by atoms with E-state index in [1.807, 2.05) is 23.1 Å². The number of rotatable bonds is 5. The molecule has 0 aromatic heterocycles. The number of carbonyl (C=O) groups excluding carboxylic acids is 1. The van der Waals surface area contributed by atoms with Crippen molar-refractivity contribution in [3.05, 3.63) is 71.3 Å². The molecule has 3 aliphatic rings. The molecular weight excluding hydrogens is 372 g/mol. The molecule has 1 saturated heterocycles. The first-order chi connectivity index (χ1) is 14.7. The quantitative estimate of drug-likeness (QED) is 0.831. The average Bonchev–Trinajstić information content (AvgIpc) is 3.14. The van der Waals surface area contributed by atoms with Gasteiger partial charge in [-0.2, -0.15) is 0 Å². The van der Waals surface area contributed by atoms with E-state index < -0.39 is 0 Å². The van der Waals surface area contributed by atoms with Crippen molar-refractivity contribution in [2.45, 2.75) is 31.1 Å². The molecule has 1 amide bonds. The van der Waals surface area contributed by atoms with Crippen LogP contribution < -0.4 is 4.90 Å². The number of likely N-dealkylation sites (tertiary alicyclic amines) is 1. The SMILES string of the molecule is O=C1C(CO)Cc2ccccc2N1CCCN1CCC2(C=Cc3ccccc32)CC1. The number of nitrogens with zero attached hydrogens (tertiary/aromatic N) is 2. The third kappa shape index (κ3) is 3.38. The lowest BCUT2D eigenvalue weighted by atomic mass is 9.74. The van der Waals surface area contributed by atoms with E-state index in [0.717, 1.165) is 38.3 Å². The molecular formula is C26H30N2O2. The van der Waals surface area contributed by atoms with E-state index in [9.17, 15) is 9.90 Å². The number of fused-ring (bicyclic) bond motifs is 3. The van der Waals surface area contributed by atoms with Crippen LogP contribution in [0.3, 0.4) is 0 Å². The summed E-state index contributed by atoms with van der Waals surface area (Å²) in [6.45, 7) is 3.85. The van der Waals surface area contributed by atoms with Gasteiger partial charge in [0.1, 0.15) is 0 Å². The normalized spacial score (nSPS) is 22.4. The van der Waals surface area contributed by atoms with Crippen LogP contribution in [0, 0.1) is 5.92 Å². The smallest absolute Gasteiger partial charge is 0.232 e. The maximum Gasteiger partial charge on any atom is 0.232 e. The first-order valence-electron chi connectivity index (χ1n) is 11.2. The van der Waals surface area contributed by atoms with Crippen molar-refractivity contribution >= 4 is 17.7 Å². The standard InChI is InChI=1S/C26H30N2O2/c29-19-22-18-21-7-2-4-9-24(21)28(25(22)30)15-5-14-27-16-12-26(13-17-27)11-10-20-6-1-3-8-23(20)26/h1-4,6-11,22,29H,5,12-19H2. The summed E-state index contributed by atoms with van der Waals surface area (Å²) < 4.78 is 0. The van der Waals surface area contributed by atoms with Crippen LogP contribution in [-0.2, 0) is 16.6 Å². The van der Waals surface area contributed by atoms with Gasteiger partial charge in [0, 0.05) is 17.6 Å². The van der Waals surface area contributed by atoms with Crippen LogP contribution in [0.25, 0.3) is 6.08 Å². The Morgan fingerprint density at radius 2 is 1.77 bits per heavy atom. The summed E-state index contributed by atoms with van der Waals surface area (Å²) in [7, 11) is 0. The number of carbonyl (C=O) groups is 1. The van der Waals surface area contributed by atoms with E-state index in [1.165, 1.54) is 29.5 Å². The monoisotopic (exact) mass is 402 g/mol. The van der Waals surface area contributed by atoms with Gasteiger partial charge >= 0.3 is 0 Å². The molecule has 156 valence electrons. The average molecular weight is 403 g/mol. The fraction of sp³-hybridized carbons (Fsp3) is 0.423. The van der Waals surface area contributed by atoms with Gasteiger partial charge in [0.25, 0.3) is 0 Å². The first kappa shape index (κ1) is 19.5. The summed E-state index contributed by atoms with van der Waals surface area (Å²) in [5.74, 6) is -0.231. The molecule has 1 fully saturated rings. The number of amides is 1. The molecule has 0 bridgehead atoms. The Morgan fingerprint density at radius 3 is 2.60 bits per heavy atom. The van der Waals surface area contributed by atoms with Gasteiger partial charge in [0.15, 0.2) is 0 Å². The molecule has 1 aliphatic carbocycles. The second-order valence-corrected chi connectivity index (χ2v) is 8.97. The molecule has 1 atom stereocenters. The summed E-state index contributed by atoms with van der Waals surface area (Å²) in [5.41, 5.74) is 5.30. The van der Waals surface area contributed by atoms with E-state index in [2.05, 4.69) is 47.4 Å². The lowest BCUT2D eigenvalue weighted by Crippen LogP contribution is -2.45. The molecule has 1 unspecified atom stereocenters. The van der Waals surface area contributed by atoms with Crippen molar-refractivity contribution in [1.29, 1.82) is 0 Å². The Labute approximate surface area is 178 Å². The molecule has 0 radical (unpaired) electrons. The number of hydrogen-bond donors (Lipinski definition) is 1. The second kappa shape index (κ2) is 8.01. The largest absolute Gasteiger partial charge is 0.396 e. The highest BCUT2D eigenvalue weighted by molar-refractivity contribution is 5.98. The zero-order valence-electron chi connectivity index (χ0n) is 17.5. The topological polar surface area (TPSA) is 43.8 Å². The number of aliphatic hydroxyl groups excluding tert-OH is 1. The Balaban J connectivity index is 1.19. The van der Waals surface area contributed by atoms with E-state index in [0.29, 0.717) is 6.42 Å². The third-order valence-electron chi connectivity index (χ3n) is 7.27. The van der Waals surface area contributed by atoms with E-state index >= 15 is 0 Å². The number of anilines is 1. The van der Waals surface area contributed by atoms with Crippen LogP contribution in [-0.4, -0.2) is 48.7 Å². The van der Waals surface area contributed by atoms with Crippen molar-refractivity contribution < 1.29 is 9.90 Å². The highest BCUT2D eigenvalue weighted by atomic mass is 16.3. The zero-order valence-corrected chi connectivity index (χ0v) is 17.5. The lowest BCUT2D eigenvalue weighted by molar-refractivity contribution is -0.124. The molecule has 2 aliphatic heterocycles. The molecule has 4 heteroatoms. The molecule has 2 heterocycles. The molecule has 5 rings (SSSR count). The van der Waals surface area contributed by atoms with Gasteiger partial charge in [-0.1, -0.05) is 54.6 Å². The van der Waals surface area contributed by atoms with E-state index in [1.54, 1.807) is 0 Å². The number of benzene rings is 2. The van der Waals surface area contributed by atoms with Crippen molar-refractivity contribution in [1.82, 2.24) is 4.90 Å². The maximum atomic E-state index is 12.8. The summed E-state index contributed by atoms with van der Waals surface area (Å²) in [6.07, 6.45) is 8.65. The highest BCUT2D eigenvalue weighted by Gasteiger charge is 2.38. The van der Waals surface area contributed by atoms with Gasteiger partial charge in [-0.3, -0.25) is 4.79 Å². The van der Waals surface area contributed by atoms with Crippen molar-refractivity contribution in [2.75, 3.05) is 37.7 Å². The lowest BCUT2D eigenvalue weighted by Gasteiger charge is -2.40. The van der Waals surface area contributed by atoms with Gasteiger partial charge in [-0.05, 0) is 68.1 Å². The molecule has 4 nitrogen and oxygen atoms in total. The number of piperidine rings is 1. The van der Waals surface area contributed by atoms with Gasteiger partial charge in [0.05, 0.1) is 12.5 Å². The van der Waals surface area contributed by atoms with Crippen molar-refractivity contribution in [2.24, 2.45) is 5.92 Å². The van der Waals surface area contributed by atoms with Crippen LogP contribution in [0.5, 0.6) is 0 Å². The molecule has 2 aromatic rings. The molecule has 2 aromatic carbocycles. The number of allylic oxidation sites excluding steroid dienone is 1. The molecule has 30 heavy (non-hydrogen) atoms. The number of hydrogen-bond acceptors (Lipinski definition) is 3. The van der Waals surface area contributed by atoms with Crippen LogP contribution in [0.2, 0.25) is 0 Å². The molecule has 0 saturated carbocycles. The van der Waals surface area contributed by atoms with Gasteiger partial charge < -0.3 is 14.9 Å². The fourth-order valence-electron chi connectivity index (χ4n) is 5.51. The van der Waals surface area contributed by atoms with Crippen LogP contribution in [0.1, 0.15) is 36.0 Å². The Morgan fingerprint density at radius 1 is 1.00 bits per heavy atom. The maximum absolute atomic E-state index is 12.8. The Hall–Kier alpha value is -2.43. The first-order valence-corrected chi connectivity index (χ1v) is 11.2. The fourth-order valence-corrected chi connectivity index (χ4v) is 5.51. The van der Waals surface area contributed by atoms with E-state index in [4.69, 9.17) is 0 Å². The number of aliphatic hydroxyl groups is 1. The van der Waals surface area contributed by atoms with Gasteiger partial charge in [0.2, 0.25) is 5.91 Å². The predicted octanol–water partition coefficient (Wildman–Crippen LogP) is 3.63. The van der Waals surface area contributed by atoms with Crippen LogP contribution in [0.15, 0.2) is 54.6 Å². The minimum Gasteiger partial charge on any atom is -0.396 e. The third-order valence-corrected chi connectivity index (χ3v) is 7.27. The van der Waals surface area contributed by atoms with Gasteiger partial charge in [-0.25, -0.2) is 0 Å². The summed E-state index contributed by atoms with van der Waals surface area (Å²) in [5, 5.41) is 9.64. The molecule has 1 spiro atoms. The zero-order chi connectivity index (χ0) is 20.6. The highest BCUT2D eigenvalue weighted by Crippen LogP contribution is 2.43. The van der Waals surface area contributed by atoms with E-state index in [-0.39, 0.29) is 23.8 Å². The second-order valence-electron chi connectivity index (χ2n) is 8.97. The summed E-state index contributed by atoms with van der Waals surface area (Å²) in [4.78, 5) is 17.3.